The summed E-state index contributed by atoms with van der Waals surface area (Å²) in [6, 6.07) is 6.30. The number of halogens is 1. The van der Waals surface area contributed by atoms with Crippen LogP contribution in [0, 0.1) is 0 Å². The minimum Gasteiger partial charge on any atom is -0.299 e. The van der Waals surface area contributed by atoms with E-state index in [0.717, 1.165) is 30.0 Å². The largest absolute Gasteiger partial charge is 0.299 e. The molecule has 14 heavy (non-hydrogen) atoms. The molecule has 1 aromatic carbocycles. The van der Waals surface area contributed by atoms with Crippen LogP contribution < -0.4 is 0 Å². The van der Waals surface area contributed by atoms with Gasteiger partial charge in [-0.05, 0) is 54.2 Å². The summed E-state index contributed by atoms with van der Waals surface area (Å²) in [5, 5.41) is 0. The molecule has 0 fully saturated rings. The third-order valence-electron chi connectivity index (χ3n) is 2.58. The van der Waals surface area contributed by atoms with Crippen molar-refractivity contribution in [2.24, 2.45) is 0 Å². The van der Waals surface area contributed by atoms with Gasteiger partial charge in [0.1, 0.15) is 6.29 Å². The van der Waals surface area contributed by atoms with Crippen molar-refractivity contribution in [2.45, 2.75) is 19.3 Å². The molecule has 0 unspecified atom stereocenters. The average molecular weight is 251 g/mol. The monoisotopic (exact) mass is 250 g/mol. The SMILES string of the molecule is O=C/C=C1/CCCc2ccc(Br)cc21. The van der Waals surface area contributed by atoms with Crippen LogP contribution in [0.1, 0.15) is 24.0 Å². The van der Waals surface area contributed by atoms with Gasteiger partial charge in [-0.15, -0.1) is 0 Å². The van der Waals surface area contributed by atoms with Crippen LogP contribution in [0.4, 0.5) is 0 Å². The van der Waals surface area contributed by atoms with Gasteiger partial charge in [0, 0.05) is 4.47 Å². The molecule has 0 amide bonds. The molecular weight excluding hydrogens is 240 g/mol. The number of hydrogen-bond donors (Lipinski definition) is 0. The third-order valence-corrected chi connectivity index (χ3v) is 3.07. The van der Waals surface area contributed by atoms with E-state index in [-0.39, 0.29) is 0 Å². The average Bonchev–Trinajstić information content (AvgIpc) is 2.19. The molecule has 0 N–H and O–H groups in total. The highest BCUT2D eigenvalue weighted by Gasteiger charge is 2.13. The quantitative estimate of drug-likeness (QED) is 0.552. The van der Waals surface area contributed by atoms with Gasteiger partial charge in [-0.25, -0.2) is 0 Å². The van der Waals surface area contributed by atoms with Crippen molar-refractivity contribution in [3.63, 3.8) is 0 Å². The Morgan fingerprint density at radius 1 is 1.29 bits per heavy atom. The zero-order valence-electron chi connectivity index (χ0n) is 7.79. The van der Waals surface area contributed by atoms with Gasteiger partial charge in [0.15, 0.2) is 0 Å². The normalized spacial score (nSPS) is 17.9. The maximum Gasteiger partial charge on any atom is 0.143 e. The molecule has 0 bridgehead atoms. The summed E-state index contributed by atoms with van der Waals surface area (Å²) in [6.45, 7) is 0. The molecule has 0 atom stereocenters. The zero-order valence-corrected chi connectivity index (χ0v) is 9.38. The molecule has 0 radical (unpaired) electrons. The third kappa shape index (κ3) is 1.80. The summed E-state index contributed by atoms with van der Waals surface area (Å²) in [7, 11) is 0. The van der Waals surface area contributed by atoms with E-state index in [1.54, 1.807) is 6.08 Å². The maximum absolute atomic E-state index is 10.5. The molecule has 2 rings (SSSR count). The van der Waals surface area contributed by atoms with Crippen LogP contribution in [0.25, 0.3) is 5.57 Å². The highest BCUT2D eigenvalue weighted by molar-refractivity contribution is 9.10. The number of hydrogen-bond acceptors (Lipinski definition) is 1. The van der Waals surface area contributed by atoms with Crippen LogP contribution >= 0.6 is 15.9 Å². The molecule has 0 heterocycles. The van der Waals surface area contributed by atoms with Crippen LogP contribution in [0.5, 0.6) is 0 Å². The minimum absolute atomic E-state index is 0.880. The molecule has 0 aromatic heterocycles. The van der Waals surface area contributed by atoms with Crippen molar-refractivity contribution in [3.8, 4) is 0 Å². The van der Waals surface area contributed by atoms with Gasteiger partial charge in [-0.3, -0.25) is 4.79 Å². The second-order valence-electron chi connectivity index (χ2n) is 3.48. The molecule has 0 aliphatic heterocycles. The highest BCUT2D eigenvalue weighted by atomic mass is 79.9. The Hall–Kier alpha value is -0.890. The van der Waals surface area contributed by atoms with Crippen molar-refractivity contribution < 1.29 is 4.79 Å². The smallest absolute Gasteiger partial charge is 0.143 e. The van der Waals surface area contributed by atoms with E-state index in [1.807, 2.05) is 0 Å². The summed E-state index contributed by atoms with van der Waals surface area (Å²) < 4.78 is 1.08. The molecule has 72 valence electrons. The van der Waals surface area contributed by atoms with Crippen LogP contribution in [0.2, 0.25) is 0 Å². The van der Waals surface area contributed by atoms with Gasteiger partial charge in [0.25, 0.3) is 0 Å². The summed E-state index contributed by atoms with van der Waals surface area (Å²) >= 11 is 3.45. The van der Waals surface area contributed by atoms with E-state index in [0.29, 0.717) is 0 Å². The number of rotatable bonds is 1. The predicted molar refractivity (Wildman–Crippen MR) is 61.1 cm³/mol. The fourth-order valence-electron chi connectivity index (χ4n) is 1.92. The van der Waals surface area contributed by atoms with Crippen molar-refractivity contribution in [3.05, 3.63) is 39.9 Å². The lowest BCUT2D eigenvalue weighted by molar-refractivity contribution is -0.104. The Morgan fingerprint density at radius 2 is 2.14 bits per heavy atom. The number of fused-ring (bicyclic) bond motifs is 1. The Morgan fingerprint density at radius 3 is 2.93 bits per heavy atom. The Labute approximate surface area is 92.0 Å². The zero-order chi connectivity index (χ0) is 9.97. The molecule has 1 aliphatic carbocycles. The van der Waals surface area contributed by atoms with Crippen molar-refractivity contribution in [1.82, 2.24) is 0 Å². The molecule has 0 saturated heterocycles. The summed E-state index contributed by atoms with van der Waals surface area (Å²) in [5.41, 5.74) is 3.76. The van der Waals surface area contributed by atoms with Crippen molar-refractivity contribution in [2.75, 3.05) is 0 Å². The fraction of sp³-hybridized carbons (Fsp3) is 0.250. The number of benzene rings is 1. The molecule has 0 saturated carbocycles. The fourth-order valence-corrected chi connectivity index (χ4v) is 2.29. The first-order valence-corrected chi connectivity index (χ1v) is 5.53. The number of carbonyl (C=O) groups is 1. The van der Waals surface area contributed by atoms with Crippen LogP contribution in [-0.2, 0) is 11.2 Å². The van der Waals surface area contributed by atoms with Gasteiger partial charge in [0.2, 0.25) is 0 Å². The lowest BCUT2D eigenvalue weighted by atomic mass is 9.87. The van der Waals surface area contributed by atoms with E-state index < -0.39 is 0 Å². The number of aldehydes is 1. The predicted octanol–water partition coefficient (Wildman–Crippen LogP) is 3.37. The molecular formula is C12H11BrO. The maximum atomic E-state index is 10.5. The van der Waals surface area contributed by atoms with Crippen LogP contribution in [0.3, 0.4) is 0 Å². The second-order valence-corrected chi connectivity index (χ2v) is 4.40. The summed E-state index contributed by atoms with van der Waals surface area (Å²) in [6.07, 6.45) is 5.85. The van der Waals surface area contributed by atoms with E-state index in [4.69, 9.17) is 0 Å². The second kappa shape index (κ2) is 4.09. The first-order chi connectivity index (χ1) is 6.81. The molecule has 1 aromatic rings. The standard InChI is InChI=1S/C12H11BrO/c13-11-5-4-9-2-1-3-10(6-7-14)12(9)8-11/h4-8H,1-3H2/b10-6-. The number of carbonyl (C=O) groups excluding carboxylic acids is 1. The Bertz CT molecular complexity index is 393. The summed E-state index contributed by atoms with van der Waals surface area (Å²) in [5.74, 6) is 0. The molecule has 2 heteroatoms. The van der Waals surface area contributed by atoms with E-state index in [1.165, 1.54) is 16.7 Å². The van der Waals surface area contributed by atoms with E-state index in [9.17, 15) is 4.79 Å². The number of allylic oxidation sites excluding steroid dienone is 2. The molecule has 0 spiro atoms. The highest BCUT2D eigenvalue weighted by Crippen LogP contribution is 2.32. The van der Waals surface area contributed by atoms with Gasteiger partial charge in [0.05, 0.1) is 0 Å². The van der Waals surface area contributed by atoms with Gasteiger partial charge in [-0.1, -0.05) is 22.0 Å². The van der Waals surface area contributed by atoms with Crippen LogP contribution in [0.15, 0.2) is 28.7 Å². The van der Waals surface area contributed by atoms with Crippen molar-refractivity contribution in [1.29, 1.82) is 0 Å². The van der Waals surface area contributed by atoms with Gasteiger partial charge in [-0.2, -0.15) is 0 Å². The first kappa shape index (κ1) is 9.66. The Kier molecular flexibility index (Phi) is 2.82. The Balaban J connectivity index is 2.52. The van der Waals surface area contributed by atoms with E-state index in [2.05, 4.69) is 34.1 Å². The first-order valence-electron chi connectivity index (χ1n) is 4.74. The summed E-state index contributed by atoms with van der Waals surface area (Å²) in [4.78, 5) is 10.5. The number of aryl methyl sites for hydroxylation is 1. The topological polar surface area (TPSA) is 17.1 Å². The molecule has 1 nitrogen and oxygen atoms in total. The van der Waals surface area contributed by atoms with Gasteiger partial charge >= 0.3 is 0 Å². The van der Waals surface area contributed by atoms with Crippen molar-refractivity contribution >= 4 is 27.8 Å². The van der Waals surface area contributed by atoms with Gasteiger partial charge < -0.3 is 0 Å². The molecule has 1 aliphatic rings. The van der Waals surface area contributed by atoms with Crippen LogP contribution in [-0.4, -0.2) is 6.29 Å². The lowest BCUT2D eigenvalue weighted by Crippen LogP contribution is -2.01. The minimum atomic E-state index is 0.880. The van der Waals surface area contributed by atoms with E-state index >= 15 is 0 Å². The lowest BCUT2D eigenvalue weighted by Gasteiger charge is -2.18.